The van der Waals surface area contributed by atoms with Crippen molar-refractivity contribution in [2.24, 2.45) is 5.92 Å². The van der Waals surface area contributed by atoms with Gasteiger partial charge in [0.25, 0.3) is 0 Å². The lowest BCUT2D eigenvalue weighted by atomic mass is 9.93. The number of phenolic OH excluding ortho intramolecular Hbond substituents is 1. The van der Waals surface area contributed by atoms with Gasteiger partial charge in [0.05, 0.1) is 5.60 Å². The van der Waals surface area contributed by atoms with E-state index < -0.39 is 5.60 Å². The highest BCUT2D eigenvalue weighted by molar-refractivity contribution is 7.55. The third-order valence-electron chi connectivity index (χ3n) is 4.73. The lowest BCUT2D eigenvalue weighted by Crippen LogP contribution is -2.24. The third-order valence-corrected chi connectivity index (χ3v) is 6.11. The number of aliphatic hydroxyl groups is 1. The molecule has 0 aliphatic heterocycles. The summed E-state index contributed by atoms with van der Waals surface area (Å²) in [5, 5.41) is 22.9. The first kappa shape index (κ1) is 18.9. The zero-order valence-electron chi connectivity index (χ0n) is 15.7. The molecule has 0 spiro atoms. The Balaban J connectivity index is 1.87. The van der Waals surface area contributed by atoms with Gasteiger partial charge in [0, 0.05) is 5.30 Å². The van der Waals surface area contributed by atoms with E-state index in [1.54, 1.807) is 6.07 Å². The number of hydrogen-bond acceptors (Lipinski definition) is 2. The first-order valence-corrected chi connectivity index (χ1v) is 10.1. The molecule has 136 valence electrons. The van der Waals surface area contributed by atoms with Gasteiger partial charge in [-0.2, -0.15) is 0 Å². The van der Waals surface area contributed by atoms with Crippen molar-refractivity contribution in [1.82, 2.24) is 0 Å². The Morgan fingerprint density at radius 3 is 2.58 bits per heavy atom. The summed E-state index contributed by atoms with van der Waals surface area (Å²) in [5.74, 6) is 0.848. The minimum atomic E-state index is -0.902. The number of hydrogen-bond donors (Lipinski definition) is 2. The highest BCUT2D eigenvalue weighted by Gasteiger charge is 2.21. The molecule has 2 aromatic carbocycles. The van der Waals surface area contributed by atoms with Gasteiger partial charge < -0.3 is 10.2 Å². The average molecular weight is 366 g/mol. The van der Waals surface area contributed by atoms with E-state index in [2.05, 4.69) is 42.5 Å². The largest absolute Gasteiger partial charge is 0.507 e. The number of aryl methyl sites for hydroxylation is 1. The van der Waals surface area contributed by atoms with Crippen LogP contribution >= 0.6 is 8.58 Å². The number of benzene rings is 2. The fourth-order valence-electron chi connectivity index (χ4n) is 3.31. The van der Waals surface area contributed by atoms with Gasteiger partial charge in [-0.1, -0.05) is 62.7 Å². The number of allylic oxidation sites excluding steroid dienone is 4. The molecule has 2 unspecified atom stereocenters. The van der Waals surface area contributed by atoms with E-state index in [9.17, 15) is 10.2 Å². The standard InChI is InChI=1S/C23H27O2P/c1-16-9-12-21(19(13-16)23(2,3)25)26-22-15-18(10-11-20(22)24)14-17-7-5-4-6-8-17/h4-7,9-13,15,17,24-26H,8,14H2,1-3H3. The van der Waals surface area contributed by atoms with Gasteiger partial charge in [-0.3, -0.25) is 0 Å². The van der Waals surface area contributed by atoms with Crippen molar-refractivity contribution >= 4 is 19.2 Å². The van der Waals surface area contributed by atoms with Gasteiger partial charge in [0.2, 0.25) is 0 Å². The minimum absolute atomic E-state index is 0.311. The van der Waals surface area contributed by atoms with Crippen LogP contribution in [0.4, 0.5) is 0 Å². The van der Waals surface area contributed by atoms with E-state index in [0.717, 1.165) is 34.6 Å². The third kappa shape index (κ3) is 4.63. The minimum Gasteiger partial charge on any atom is -0.507 e. The Bertz CT molecular complexity index is 844. The molecular weight excluding hydrogens is 339 g/mol. The van der Waals surface area contributed by atoms with Crippen molar-refractivity contribution in [2.45, 2.75) is 39.2 Å². The summed E-state index contributed by atoms with van der Waals surface area (Å²) < 4.78 is 0. The van der Waals surface area contributed by atoms with Crippen LogP contribution < -0.4 is 10.6 Å². The van der Waals surface area contributed by atoms with Crippen LogP contribution in [-0.2, 0) is 12.0 Å². The molecule has 0 bridgehead atoms. The molecule has 3 rings (SSSR count). The normalized spacial score (nSPS) is 17.3. The second-order valence-electron chi connectivity index (χ2n) is 7.60. The molecular formula is C23H27O2P. The molecule has 1 aliphatic rings. The van der Waals surface area contributed by atoms with E-state index >= 15 is 0 Å². The zero-order chi connectivity index (χ0) is 18.7. The maximum absolute atomic E-state index is 10.5. The van der Waals surface area contributed by atoms with Crippen LogP contribution in [0.2, 0.25) is 0 Å². The number of phenols is 1. The molecule has 0 heterocycles. The summed E-state index contributed by atoms with van der Waals surface area (Å²) in [6.07, 6.45) is 10.7. The zero-order valence-corrected chi connectivity index (χ0v) is 16.7. The molecule has 2 aromatic rings. The van der Waals surface area contributed by atoms with Crippen molar-refractivity contribution in [3.8, 4) is 5.75 Å². The molecule has 0 aromatic heterocycles. The SMILES string of the molecule is Cc1ccc(Pc2cc(CC3C=CC=CC3)ccc2O)c(C(C)(C)O)c1. The Hall–Kier alpha value is -1.89. The van der Waals surface area contributed by atoms with E-state index in [0.29, 0.717) is 20.2 Å². The lowest BCUT2D eigenvalue weighted by Gasteiger charge is -2.23. The van der Waals surface area contributed by atoms with Gasteiger partial charge in [-0.05, 0) is 68.1 Å². The number of aromatic hydroxyl groups is 1. The molecule has 2 atom stereocenters. The smallest absolute Gasteiger partial charge is 0.123 e. The predicted molar refractivity (Wildman–Crippen MR) is 112 cm³/mol. The first-order chi connectivity index (χ1) is 12.3. The van der Waals surface area contributed by atoms with Crippen molar-refractivity contribution in [1.29, 1.82) is 0 Å². The van der Waals surface area contributed by atoms with Crippen LogP contribution in [0.25, 0.3) is 0 Å². The predicted octanol–water partition coefficient (Wildman–Crippen LogP) is 4.23. The van der Waals surface area contributed by atoms with Gasteiger partial charge >= 0.3 is 0 Å². The topological polar surface area (TPSA) is 40.5 Å². The average Bonchev–Trinajstić information content (AvgIpc) is 2.59. The van der Waals surface area contributed by atoms with E-state index in [4.69, 9.17) is 0 Å². The quantitative estimate of drug-likeness (QED) is 0.778. The molecule has 0 radical (unpaired) electrons. The monoisotopic (exact) mass is 366 g/mol. The fraction of sp³-hybridized carbons (Fsp3) is 0.304. The van der Waals surface area contributed by atoms with Crippen LogP contribution in [0.3, 0.4) is 0 Å². The highest BCUT2D eigenvalue weighted by atomic mass is 31.1. The summed E-state index contributed by atoms with van der Waals surface area (Å²) in [6.45, 7) is 5.66. The van der Waals surface area contributed by atoms with Gasteiger partial charge in [-0.15, -0.1) is 0 Å². The number of rotatable bonds is 5. The maximum Gasteiger partial charge on any atom is 0.123 e. The van der Waals surface area contributed by atoms with Crippen molar-refractivity contribution in [3.05, 3.63) is 77.4 Å². The highest BCUT2D eigenvalue weighted by Crippen LogP contribution is 2.28. The molecule has 0 saturated carbocycles. The van der Waals surface area contributed by atoms with Crippen LogP contribution in [0.15, 0.2) is 60.7 Å². The fourth-order valence-corrected chi connectivity index (χ4v) is 4.75. The molecule has 2 N–H and O–H groups in total. The molecule has 0 amide bonds. The van der Waals surface area contributed by atoms with Gasteiger partial charge in [0.1, 0.15) is 5.75 Å². The Morgan fingerprint density at radius 2 is 1.88 bits per heavy atom. The van der Waals surface area contributed by atoms with Crippen LogP contribution in [0.5, 0.6) is 5.75 Å². The molecule has 26 heavy (non-hydrogen) atoms. The maximum atomic E-state index is 10.5. The second kappa shape index (κ2) is 7.78. The summed E-state index contributed by atoms with van der Waals surface area (Å²) in [6, 6.07) is 12.1. The molecule has 0 fully saturated rings. The Labute approximate surface area is 158 Å². The van der Waals surface area contributed by atoms with Crippen LogP contribution in [-0.4, -0.2) is 10.2 Å². The van der Waals surface area contributed by atoms with Crippen molar-refractivity contribution < 1.29 is 10.2 Å². The van der Waals surface area contributed by atoms with Crippen LogP contribution in [0, 0.1) is 12.8 Å². The van der Waals surface area contributed by atoms with Crippen molar-refractivity contribution in [2.75, 3.05) is 0 Å². The summed E-state index contributed by atoms with van der Waals surface area (Å²) >= 11 is 0. The molecule has 0 saturated heterocycles. The van der Waals surface area contributed by atoms with Crippen molar-refractivity contribution in [3.63, 3.8) is 0 Å². The Morgan fingerprint density at radius 1 is 1.08 bits per heavy atom. The first-order valence-electron chi connectivity index (χ1n) is 9.08. The second-order valence-corrected chi connectivity index (χ2v) is 8.92. The molecule has 1 aliphatic carbocycles. The van der Waals surface area contributed by atoms with Crippen LogP contribution in [0.1, 0.15) is 37.0 Å². The molecule has 2 nitrogen and oxygen atoms in total. The van der Waals surface area contributed by atoms with E-state index in [-0.39, 0.29) is 0 Å². The summed E-state index contributed by atoms with van der Waals surface area (Å²) in [4.78, 5) is 0. The Kier molecular flexibility index (Phi) is 5.65. The van der Waals surface area contributed by atoms with E-state index in [1.165, 1.54) is 5.56 Å². The van der Waals surface area contributed by atoms with Gasteiger partial charge in [-0.25, -0.2) is 0 Å². The molecule has 3 heteroatoms. The summed E-state index contributed by atoms with van der Waals surface area (Å²) in [7, 11) is 0.311. The summed E-state index contributed by atoms with van der Waals surface area (Å²) in [5.41, 5.74) is 2.40. The lowest BCUT2D eigenvalue weighted by molar-refractivity contribution is 0.0797. The van der Waals surface area contributed by atoms with E-state index in [1.807, 2.05) is 32.9 Å². The van der Waals surface area contributed by atoms with Gasteiger partial charge in [0.15, 0.2) is 0 Å².